The molecule has 0 bridgehead atoms. The topological polar surface area (TPSA) is 47.6 Å². The van der Waals surface area contributed by atoms with E-state index in [2.05, 4.69) is 11.4 Å². The Morgan fingerprint density at radius 2 is 2.08 bits per heavy atom. The van der Waals surface area contributed by atoms with Crippen LogP contribution in [0.3, 0.4) is 0 Å². The minimum atomic E-state index is -0.145. The number of hydrogen-bond acceptors (Lipinski definition) is 4. The molecule has 0 radical (unpaired) electrons. The summed E-state index contributed by atoms with van der Waals surface area (Å²) >= 11 is 7.79. The molecule has 1 heterocycles. The zero-order chi connectivity index (χ0) is 16.9. The van der Waals surface area contributed by atoms with Crippen molar-refractivity contribution in [3.63, 3.8) is 0 Å². The first-order chi connectivity index (χ1) is 11.7. The number of carbonyl (C=O) groups excluding carboxylic acids is 1. The number of methoxy groups -OCH3 is 1. The number of thioether (sulfide) groups is 1. The predicted molar refractivity (Wildman–Crippen MR) is 97.2 cm³/mol. The largest absolute Gasteiger partial charge is 0.487 e. The Morgan fingerprint density at radius 1 is 1.25 bits per heavy atom. The van der Waals surface area contributed by atoms with Crippen molar-refractivity contribution >= 4 is 35.0 Å². The Balaban J connectivity index is 1.70. The van der Waals surface area contributed by atoms with Crippen LogP contribution in [0.4, 0.5) is 5.69 Å². The summed E-state index contributed by atoms with van der Waals surface area (Å²) in [6.07, 6.45) is 0.729. The number of fused-ring (bicyclic) bond motifs is 1. The normalized spacial score (nSPS) is 15.8. The van der Waals surface area contributed by atoms with Crippen LogP contribution in [-0.4, -0.2) is 31.5 Å². The highest BCUT2D eigenvalue weighted by molar-refractivity contribution is 8.01. The van der Waals surface area contributed by atoms with Gasteiger partial charge in [-0.25, -0.2) is 0 Å². The van der Waals surface area contributed by atoms with Gasteiger partial charge < -0.3 is 14.8 Å². The summed E-state index contributed by atoms with van der Waals surface area (Å²) in [5.74, 6) is 0.431. The molecule has 3 rings (SSSR count). The number of hydrogen-bond donors (Lipinski definition) is 1. The summed E-state index contributed by atoms with van der Waals surface area (Å²) in [4.78, 5) is 13.8. The maximum Gasteiger partial charge on any atom is 0.238 e. The van der Waals surface area contributed by atoms with E-state index in [4.69, 9.17) is 21.1 Å². The molecule has 0 aliphatic carbocycles. The van der Waals surface area contributed by atoms with Gasteiger partial charge in [0.1, 0.15) is 6.61 Å². The lowest BCUT2D eigenvalue weighted by molar-refractivity contribution is -0.115. The second kappa shape index (κ2) is 7.92. The summed E-state index contributed by atoms with van der Waals surface area (Å²) in [5, 5.41) is 3.26. The van der Waals surface area contributed by atoms with E-state index in [-0.39, 0.29) is 11.2 Å². The number of benzene rings is 2. The van der Waals surface area contributed by atoms with Crippen molar-refractivity contribution in [3.05, 3.63) is 53.1 Å². The van der Waals surface area contributed by atoms with Gasteiger partial charge in [0.25, 0.3) is 0 Å². The fourth-order valence-corrected chi connectivity index (χ4v) is 3.95. The van der Waals surface area contributed by atoms with Gasteiger partial charge in [-0.15, -0.1) is 11.8 Å². The van der Waals surface area contributed by atoms with Crippen molar-refractivity contribution in [2.45, 2.75) is 16.6 Å². The Labute approximate surface area is 150 Å². The van der Waals surface area contributed by atoms with E-state index in [0.29, 0.717) is 29.7 Å². The Morgan fingerprint density at radius 3 is 2.88 bits per heavy atom. The van der Waals surface area contributed by atoms with Crippen LogP contribution >= 0.6 is 23.4 Å². The summed E-state index contributed by atoms with van der Waals surface area (Å²) < 4.78 is 10.6. The van der Waals surface area contributed by atoms with Crippen molar-refractivity contribution in [2.75, 3.05) is 25.6 Å². The lowest BCUT2D eigenvalue weighted by atomic mass is 10.1. The molecule has 0 fully saturated rings. The Bertz CT molecular complexity index is 713. The Hall–Kier alpha value is -1.69. The van der Waals surface area contributed by atoms with E-state index >= 15 is 0 Å². The first-order valence-corrected chi connectivity index (χ1v) is 8.90. The van der Waals surface area contributed by atoms with Crippen LogP contribution in [-0.2, 0) is 16.0 Å². The van der Waals surface area contributed by atoms with Crippen molar-refractivity contribution in [2.24, 2.45) is 0 Å². The number of amides is 1. The summed E-state index contributed by atoms with van der Waals surface area (Å²) in [7, 11) is 1.60. The van der Waals surface area contributed by atoms with Gasteiger partial charge in [0.05, 0.1) is 22.6 Å². The number of rotatable bonds is 6. The molecule has 0 saturated heterocycles. The molecule has 1 N–H and O–H groups in total. The molecular formula is C18H18ClNO3S. The number of para-hydroxylation sites is 1. The number of halogens is 1. The van der Waals surface area contributed by atoms with Gasteiger partial charge in [-0.1, -0.05) is 35.9 Å². The number of anilines is 1. The molecule has 126 valence electrons. The molecule has 2 aromatic rings. The van der Waals surface area contributed by atoms with Gasteiger partial charge >= 0.3 is 0 Å². The minimum Gasteiger partial charge on any atom is -0.487 e. The number of carbonyl (C=O) groups is 1. The first-order valence-electron chi connectivity index (χ1n) is 7.64. The third-order valence-electron chi connectivity index (χ3n) is 3.70. The highest BCUT2D eigenvalue weighted by Gasteiger charge is 2.28. The number of nitrogens with one attached hydrogen (secondary N) is 1. The highest BCUT2D eigenvalue weighted by Crippen LogP contribution is 2.38. The van der Waals surface area contributed by atoms with Gasteiger partial charge in [-0.3, -0.25) is 4.79 Å². The van der Waals surface area contributed by atoms with Crippen LogP contribution in [0, 0.1) is 0 Å². The molecule has 1 amide bonds. The molecule has 1 unspecified atom stereocenters. The molecule has 24 heavy (non-hydrogen) atoms. The smallest absolute Gasteiger partial charge is 0.238 e. The van der Waals surface area contributed by atoms with Crippen LogP contribution in [0.25, 0.3) is 0 Å². The van der Waals surface area contributed by atoms with Crippen LogP contribution < -0.4 is 10.1 Å². The van der Waals surface area contributed by atoms with Crippen LogP contribution in [0.2, 0.25) is 5.02 Å². The van der Waals surface area contributed by atoms with Crippen molar-refractivity contribution in [3.8, 4) is 5.75 Å². The maximum absolute atomic E-state index is 12.6. The summed E-state index contributed by atoms with van der Waals surface area (Å²) in [5.41, 5.74) is 1.80. The molecule has 6 heteroatoms. The van der Waals surface area contributed by atoms with Crippen molar-refractivity contribution in [1.29, 1.82) is 0 Å². The van der Waals surface area contributed by atoms with E-state index in [0.717, 1.165) is 6.42 Å². The standard InChI is InChI=1S/C18H18ClNO3S/c1-22-9-10-23-17-13(19)6-4-7-14(17)20-18(21)16-11-12-5-2-3-8-15(12)24-16/h2-8,16H,9-11H2,1H3,(H,20,21). The molecule has 0 saturated carbocycles. The molecule has 1 aliphatic rings. The molecule has 2 aromatic carbocycles. The second-order valence-electron chi connectivity index (χ2n) is 5.37. The van der Waals surface area contributed by atoms with Gasteiger partial charge in [-0.2, -0.15) is 0 Å². The molecule has 0 spiro atoms. The monoisotopic (exact) mass is 363 g/mol. The van der Waals surface area contributed by atoms with Gasteiger partial charge in [0, 0.05) is 12.0 Å². The maximum atomic E-state index is 12.6. The summed E-state index contributed by atoms with van der Waals surface area (Å²) in [6.45, 7) is 0.819. The van der Waals surface area contributed by atoms with Crippen molar-refractivity contribution in [1.82, 2.24) is 0 Å². The quantitative estimate of drug-likeness (QED) is 0.787. The van der Waals surface area contributed by atoms with E-state index in [1.807, 2.05) is 18.2 Å². The Kier molecular flexibility index (Phi) is 5.66. The SMILES string of the molecule is COCCOc1c(Cl)cccc1NC(=O)C1Cc2ccccc2S1. The third kappa shape index (κ3) is 3.86. The van der Waals surface area contributed by atoms with E-state index in [1.165, 1.54) is 10.5 Å². The zero-order valence-corrected chi connectivity index (χ0v) is 14.8. The van der Waals surface area contributed by atoms with Gasteiger partial charge in [0.2, 0.25) is 5.91 Å². The fourth-order valence-electron chi connectivity index (χ4n) is 2.52. The first kappa shape index (κ1) is 17.1. The second-order valence-corrected chi connectivity index (χ2v) is 7.02. The fraction of sp³-hybridized carbons (Fsp3) is 0.278. The molecule has 1 aliphatic heterocycles. The summed E-state index contributed by atoms with van der Waals surface area (Å²) in [6, 6.07) is 13.4. The average Bonchev–Trinajstić information content (AvgIpc) is 3.01. The molecular weight excluding hydrogens is 346 g/mol. The third-order valence-corrected chi connectivity index (χ3v) is 5.31. The number of ether oxygens (including phenoxy) is 2. The van der Waals surface area contributed by atoms with E-state index < -0.39 is 0 Å². The highest BCUT2D eigenvalue weighted by atomic mass is 35.5. The van der Waals surface area contributed by atoms with E-state index in [9.17, 15) is 4.79 Å². The van der Waals surface area contributed by atoms with Crippen LogP contribution in [0.1, 0.15) is 5.56 Å². The van der Waals surface area contributed by atoms with Crippen LogP contribution in [0.15, 0.2) is 47.4 Å². The van der Waals surface area contributed by atoms with Crippen LogP contribution in [0.5, 0.6) is 5.75 Å². The predicted octanol–water partition coefficient (Wildman–Crippen LogP) is 4.02. The van der Waals surface area contributed by atoms with Gasteiger partial charge in [0.15, 0.2) is 5.75 Å². The van der Waals surface area contributed by atoms with Crippen molar-refractivity contribution < 1.29 is 14.3 Å². The van der Waals surface area contributed by atoms with Gasteiger partial charge in [-0.05, 0) is 30.2 Å². The molecule has 4 nitrogen and oxygen atoms in total. The average molecular weight is 364 g/mol. The van der Waals surface area contributed by atoms with E-state index in [1.54, 1.807) is 37.1 Å². The lowest BCUT2D eigenvalue weighted by Crippen LogP contribution is -2.25. The molecule has 0 aromatic heterocycles. The lowest BCUT2D eigenvalue weighted by Gasteiger charge is -2.15. The molecule has 1 atom stereocenters. The zero-order valence-electron chi connectivity index (χ0n) is 13.3. The minimum absolute atomic E-state index is 0.0462.